The minimum Gasteiger partial charge on any atom is -0.106 e. The Morgan fingerprint density at radius 2 is 1.57 bits per heavy atom. The second-order valence-corrected chi connectivity index (χ2v) is 3.67. The zero-order valence-electron chi connectivity index (χ0n) is 9.36. The highest BCUT2D eigenvalue weighted by atomic mass is 35.5. The van der Waals surface area contributed by atoms with E-state index in [0.717, 1.165) is 11.4 Å². The molecule has 0 bridgehead atoms. The SMILES string of the molecule is C=C.CCCc1cc(C)c(Cl)c(C)c1. The van der Waals surface area contributed by atoms with Crippen LogP contribution in [0.3, 0.4) is 0 Å². The first-order valence-electron chi connectivity index (χ1n) is 4.90. The molecule has 0 radical (unpaired) electrons. The molecule has 0 atom stereocenters. The largest absolute Gasteiger partial charge is 0.106 e. The van der Waals surface area contributed by atoms with Crippen molar-refractivity contribution < 1.29 is 0 Å². The lowest BCUT2D eigenvalue weighted by Gasteiger charge is -2.06. The summed E-state index contributed by atoms with van der Waals surface area (Å²) in [4.78, 5) is 0. The van der Waals surface area contributed by atoms with Gasteiger partial charge in [-0.1, -0.05) is 37.1 Å². The molecule has 0 aliphatic rings. The fraction of sp³-hybridized carbons (Fsp3) is 0.385. The van der Waals surface area contributed by atoms with Crippen LogP contribution in [0.15, 0.2) is 25.3 Å². The third-order valence-corrected chi connectivity index (χ3v) is 2.63. The zero-order valence-corrected chi connectivity index (χ0v) is 10.1. The maximum Gasteiger partial charge on any atom is 0.0464 e. The molecule has 0 aliphatic carbocycles. The van der Waals surface area contributed by atoms with Crippen LogP contribution in [-0.4, -0.2) is 0 Å². The van der Waals surface area contributed by atoms with Gasteiger partial charge in [0.05, 0.1) is 0 Å². The highest BCUT2D eigenvalue weighted by Gasteiger charge is 2.01. The van der Waals surface area contributed by atoms with E-state index < -0.39 is 0 Å². The number of aryl methyl sites for hydroxylation is 3. The summed E-state index contributed by atoms with van der Waals surface area (Å²) in [6, 6.07) is 4.36. The highest BCUT2D eigenvalue weighted by molar-refractivity contribution is 6.32. The van der Waals surface area contributed by atoms with Crippen molar-refractivity contribution in [2.45, 2.75) is 33.6 Å². The van der Waals surface area contributed by atoms with E-state index in [-0.39, 0.29) is 0 Å². The Hall–Kier alpha value is -0.750. The lowest BCUT2D eigenvalue weighted by atomic mass is 10.0. The van der Waals surface area contributed by atoms with E-state index in [0.29, 0.717) is 0 Å². The zero-order chi connectivity index (χ0) is 11.1. The van der Waals surface area contributed by atoms with Gasteiger partial charge in [-0.15, -0.1) is 13.2 Å². The van der Waals surface area contributed by atoms with E-state index in [2.05, 4.69) is 46.1 Å². The normalized spacial score (nSPS) is 9.14. The molecule has 14 heavy (non-hydrogen) atoms. The maximum absolute atomic E-state index is 6.05. The molecule has 0 aliphatic heterocycles. The predicted molar refractivity (Wildman–Crippen MR) is 66.2 cm³/mol. The maximum atomic E-state index is 6.05. The summed E-state index contributed by atoms with van der Waals surface area (Å²) in [6.07, 6.45) is 2.35. The quantitative estimate of drug-likeness (QED) is 0.621. The molecule has 0 heterocycles. The molecule has 78 valence electrons. The van der Waals surface area contributed by atoms with Crippen molar-refractivity contribution in [3.05, 3.63) is 47.0 Å². The van der Waals surface area contributed by atoms with Crippen LogP contribution >= 0.6 is 11.6 Å². The first kappa shape index (κ1) is 13.2. The Morgan fingerprint density at radius 1 is 1.14 bits per heavy atom. The number of benzene rings is 1. The van der Waals surface area contributed by atoms with Gasteiger partial charge in [0, 0.05) is 5.02 Å². The number of rotatable bonds is 2. The van der Waals surface area contributed by atoms with Crippen LogP contribution in [0.2, 0.25) is 5.02 Å². The van der Waals surface area contributed by atoms with Gasteiger partial charge in [0.2, 0.25) is 0 Å². The molecule has 0 saturated carbocycles. The standard InChI is InChI=1S/C11H15Cl.C2H4/c1-4-5-10-6-8(2)11(12)9(3)7-10;1-2/h6-7H,4-5H2,1-3H3;1-2H2. The minimum atomic E-state index is 0.912. The van der Waals surface area contributed by atoms with Crippen LogP contribution in [0.1, 0.15) is 30.0 Å². The molecule has 0 unspecified atom stereocenters. The van der Waals surface area contributed by atoms with Crippen LogP contribution in [0.25, 0.3) is 0 Å². The topological polar surface area (TPSA) is 0 Å². The Bertz CT molecular complexity index is 266. The summed E-state index contributed by atoms with van der Waals surface area (Å²) < 4.78 is 0. The fourth-order valence-corrected chi connectivity index (χ4v) is 1.58. The lowest BCUT2D eigenvalue weighted by molar-refractivity contribution is 0.918. The average Bonchev–Trinajstić information content (AvgIpc) is 2.18. The van der Waals surface area contributed by atoms with Gasteiger partial charge in [-0.2, -0.15) is 0 Å². The third kappa shape index (κ3) is 3.55. The van der Waals surface area contributed by atoms with Gasteiger partial charge >= 0.3 is 0 Å². The molecule has 0 N–H and O–H groups in total. The molecule has 0 fully saturated rings. The molecule has 0 amide bonds. The van der Waals surface area contributed by atoms with Crippen molar-refractivity contribution >= 4 is 11.6 Å². The Labute approximate surface area is 92.6 Å². The van der Waals surface area contributed by atoms with Gasteiger partial charge in [-0.25, -0.2) is 0 Å². The van der Waals surface area contributed by atoms with Crippen molar-refractivity contribution in [1.29, 1.82) is 0 Å². The number of hydrogen-bond acceptors (Lipinski definition) is 0. The summed E-state index contributed by atoms with van der Waals surface area (Å²) >= 11 is 6.05. The van der Waals surface area contributed by atoms with Gasteiger partial charge in [0.1, 0.15) is 0 Å². The Balaban J connectivity index is 0.000000791. The monoisotopic (exact) mass is 210 g/mol. The van der Waals surface area contributed by atoms with Crippen molar-refractivity contribution in [2.75, 3.05) is 0 Å². The van der Waals surface area contributed by atoms with Crippen LogP contribution in [0.4, 0.5) is 0 Å². The van der Waals surface area contributed by atoms with Crippen LogP contribution in [0.5, 0.6) is 0 Å². The molecule has 1 heteroatoms. The second kappa shape index (κ2) is 6.67. The van der Waals surface area contributed by atoms with Crippen LogP contribution in [0, 0.1) is 13.8 Å². The van der Waals surface area contributed by atoms with Gasteiger partial charge in [-0.05, 0) is 37.0 Å². The highest BCUT2D eigenvalue weighted by Crippen LogP contribution is 2.22. The Morgan fingerprint density at radius 3 is 1.93 bits per heavy atom. The smallest absolute Gasteiger partial charge is 0.0464 e. The second-order valence-electron chi connectivity index (χ2n) is 3.29. The average molecular weight is 211 g/mol. The summed E-state index contributed by atoms with van der Waals surface area (Å²) in [5.74, 6) is 0. The summed E-state index contributed by atoms with van der Waals surface area (Å²) in [5, 5.41) is 0.912. The molecule has 0 nitrogen and oxygen atoms in total. The van der Waals surface area contributed by atoms with Crippen LogP contribution in [-0.2, 0) is 6.42 Å². The van der Waals surface area contributed by atoms with Gasteiger partial charge in [-0.3, -0.25) is 0 Å². The first-order valence-corrected chi connectivity index (χ1v) is 5.28. The Kier molecular flexibility index (Phi) is 6.31. The molecule has 0 aromatic heterocycles. The van der Waals surface area contributed by atoms with E-state index in [4.69, 9.17) is 11.6 Å². The van der Waals surface area contributed by atoms with Crippen LogP contribution < -0.4 is 0 Å². The predicted octanol–water partition coefficient (Wildman–Crippen LogP) is 4.71. The van der Waals surface area contributed by atoms with E-state index in [1.54, 1.807) is 0 Å². The van der Waals surface area contributed by atoms with E-state index in [1.165, 1.54) is 23.1 Å². The van der Waals surface area contributed by atoms with Crippen molar-refractivity contribution in [3.63, 3.8) is 0 Å². The number of hydrogen-bond donors (Lipinski definition) is 0. The summed E-state index contributed by atoms with van der Waals surface area (Å²) in [7, 11) is 0. The number of halogens is 1. The van der Waals surface area contributed by atoms with E-state index >= 15 is 0 Å². The summed E-state index contributed by atoms with van der Waals surface area (Å²) in [6.45, 7) is 12.3. The molecular formula is C13H19Cl. The van der Waals surface area contributed by atoms with E-state index in [1.807, 2.05) is 0 Å². The molecule has 1 aromatic carbocycles. The molecular weight excluding hydrogens is 192 g/mol. The van der Waals surface area contributed by atoms with Crippen molar-refractivity contribution in [3.8, 4) is 0 Å². The molecule has 1 rings (SSSR count). The lowest BCUT2D eigenvalue weighted by Crippen LogP contribution is -1.88. The molecule has 0 spiro atoms. The van der Waals surface area contributed by atoms with Gasteiger partial charge in [0.25, 0.3) is 0 Å². The molecule has 0 saturated heterocycles. The fourth-order valence-electron chi connectivity index (χ4n) is 1.47. The third-order valence-electron chi connectivity index (χ3n) is 2.03. The van der Waals surface area contributed by atoms with Gasteiger partial charge in [0.15, 0.2) is 0 Å². The van der Waals surface area contributed by atoms with Gasteiger partial charge < -0.3 is 0 Å². The minimum absolute atomic E-state index is 0.912. The van der Waals surface area contributed by atoms with Crippen molar-refractivity contribution in [2.24, 2.45) is 0 Å². The molecule has 1 aromatic rings. The first-order chi connectivity index (χ1) is 6.65. The van der Waals surface area contributed by atoms with E-state index in [9.17, 15) is 0 Å². The summed E-state index contributed by atoms with van der Waals surface area (Å²) in [5.41, 5.74) is 3.79. The van der Waals surface area contributed by atoms with Crippen molar-refractivity contribution in [1.82, 2.24) is 0 Å².